The Hall–Kier alpha value is -2.48. The fraction of sp³-hybridized carbons (Fsp3) is 0.111. The van der Waals surface area contributed by atoms with Crippen LogP contribution in [0.1, 0.15) is 11.3 Å². The van der Waals surface area contributed by atoms with Gasteiger partial charge in [-0.3, -0.25) is 0 Å². The number of benzene rings is 2. The Balaban J connectivity index is 1.88. The second-order valence-electron chi connectivity index (χ2n) is 5.00. The van der Waals surface area contributed by atoms with Gasteiger partial charge in [-0.1, -0.05) is 48.5 Å². The molecule has 0 atom stereocenters. The van der Waals surface area contributed by atoms with Gasteiger partial charge in [-0.25, -0.2) is 0 Å². The summed E-state index contributed by atoms with van der Waals surface area (Å²) in [5.74, 6) is 0.951. The van der Waals surface area contributed by atoms with Crippen LogP contribution in [0.2, 0.25) is 0 Å². The van der Waals surface area contributed by atoms with Crippen LogP contribution in [-0.2, 0) is 11.3 Å². The van der Waals surface area contributed by atoms with Crippen molar-refractivity contribution in [2.24, 2.45) is 0 Å². The van der Waals surface area contributed by atoms with Crippen molar-refractivity contribution in [3.63, 3.8) is 0 Å². The molecule has 1 aliphatic heterocycles. The summed E-state index contributed by atoms with van der Waals surface area (Å²) >= 11 is 0. The first-order chi connectivity index (χ1) is 9.92. The van der Waals surface area contributed by atoms with Crippen molar-refractivity contribution in [1.29, 1.82) is 0 Å². The van der Waals surface area contributed by atoms with Gasteiger partial charge in [0.05, 0.1) is 6.54 Å². The van der Waals surface area contributed by atoms with Crippen LogP contribution in [0.4, 0.5) is 0 Å². The summed E-state index contributed by atoms with van der Waals surface area (Å²) in [6.07, 6.45) is 2.14. The molecule has 2 heterocycles. The summed E-state index contributed by atoms with van der Waals surface area (Å²) in [5.41, 5.74) is 3.62. The highest BCUT2D eigenvalue weighted by Crippen LogP contribution is 2.27. The van der Waals surface area contributed by atoms with E-state index in [-0.39, 0.29) is 0 Å². The maximum Gasteiger partial charge on any atom is 0.128 e. The van der Waals surface area contributed by atoms with E-state index in [1.807, 2.05) is 18.2 Å². The fourth-order valence-corrected chi connectivity index (χ4v) is 2.79. The molecule has 1 aromatic heterocycles. The third kappa shape index (κ3) is 1.81. The highest BCUT2D eigenvalue weighted by molar-refractivity contribution is 5.87. The van der Waals surface area contributed by atoms with Gasteiger partial charge in [0.15, 0.2) is 0 Å². The van der Waals surface area contributed by atoms with Crippen molar-refractivity contribution in [2.75, 3.05) is 6.61 Å². The molecule has 2 nitrogen and oxygen atoms in total. The molecule has 0 bridgehead atoms. The second kappa shape index (κ2) is 4.57. The van der Waals surface area contributed by atoms with Gasteiger partial charge < -0.3 is 9.30 Å². The third-order valence-corrected chi connectivity index (χ3v) is 3.75. The largest absolute Gasteiger partial charge is 0.491 e. The van der Waals surface area contributed by atoms with E-state index in [4.69, 9.17) is 4.74 Å². The first-order valence-corrected chi connectivity index (χ1v) is 6.90. The standard InChI is InChI=1S/C18H15NO/c1-2-6-14(7-3-1)18-13-16-12-15-8-4-5-9-17(15)19(16)10-11-20-18/h1-9,12-13H,10-11H2. The molecule has 0 saturated heterocycles. The Morgan fingerprint density at radius 2 is 1.70 bits per heavy atom. The molecular formula is C18H15NO. The summed E-state index contributed by atoms with van der Waals surface area (Å²) in [6.45, 7) is 1.59. The number of para-hydroxylation sites is 1. The van der Waals surface area contributed by atoms with Crippen molar-refractivity contribution in [2.45, 2.75) is 6.54 Å². The van der Waals surface area contributed by atoms with Crippen LogP contribution < -0.4 is 0 Å². The average molecular weight is 261 g/mol. The molecule has 0 fully saturated rings. The predicted molar refractivity (Wildman–Crippen MR) is 82.2 cm³/mol. The van der Waals surface area contributed by atoms with Crippen molar-refractivity contribution >= 4 is 22.7 Å². The molecule has 0 aliphatic carbocycles. The maximum absolute atomic E-state index is 5.92. The molecule has 2 aromatic carbocycles. The van der Waals surface area contributed by atoms with E-state index < -0.39 is 0 Å². The van der Waals surface area contributed by atoms with Crippen LogP contribution in [0.3, 0.4) is 0 Å². The lowest BCUT2D eigenvalue weighted by Gasteiger charge is -2.08. The normalized spacial score (nSPS) is 14.3. The molecule has 0 amide bonds. The third-order valence-electron chi connectivity index (χ3n) is 3.75. The minimum atomic E-state index is 0.701. The quantitative estimate of drug-likeness (QED) is 0.641. The zero-order chi connectivity index (χ0) is 13.4. The van der Waals surface area contributed by atoms with Crippen LogP contribution in [0, 0.1) is 0 Å². The number of fused-ring (bicyclic) bond motifs is 3. The van der Waals surface area contributed by atoms with Gasteiger partial charge in [0, 0.05) is 28.2 Å². The van der Waals surface area contributed by atoms with E-state index in [2.05, 4.69) is 53.1 Å². The molecule has 0 unspecified atom stereocenters. The summed E-state index contributed by atoms with van der Waals surface area (Å²) in [5, 5.41) is 1.29. The molecule has 0 spiro atoms. The fourth-order valence-electron chi connectivity index (χ4n) is 2.79. The van der Waals surface area contributed by atoms with Gasteiger partial charge in [0.2, 0.25) is 0 Å². The summed E-state index contributed by atoms with van der Waals surface area (Å²) < 4.78 is 8.24. The van der Waals surface area contributed by atoms with Crippen LogP contribution in [0.5, 0.6) is 0 Å². The zero-order valence-electron chi connectivity index (χ0n) is 11.1. The molecule has 0 saturated carbocycles. The Labute approximate surface area is 117 Å². The molecule has 2 heteroatoms. The lowest BCUT2D eigenvalue weighted by Crippen LogP contribution is -2.03. The molecular weight excluding hydrogens is 246 g/mol. The minimum Gasteiger partial charge on any atom is -0.491 e. The molecule has 20 heavy (non-hydrogen) atoms. The predicted octanol–water partition coefficient (Wildman–Crippen LogP) is 4.17. The van der Waals surface area contributed by atoms with Crippen LogP contribution in [0.25, 0.3) is 22.7 Å². The number of hydrogen-bond acceptors (Lipinski definition) is 1. The first-order valence-electron chi connectivity index (χ1n) is 6.90. The van der Waals surface area contributed by atoms with Crippen LogP contribution in [-0.4, -0.2) is 11.2 Å². The van der Waals surface area contributed by atoms with Crippen LogP contribution in [0.15, 0.2) is 60.7 Å². The van der Waals surface area contributed by atoms with Gasteiger partial charge in [-0.05, 0) is 12.1 Å². The number of rotatable bonds is 1. The first kappa shape index (κ1) is 11.4. The van der Waals surface area contributed by atoms with Gasteiger partial charge >= 0.3 is 0 Å². The molecule has 0 radical (unpaired) electrons. The zero-order valence-corrected chi connectivity index (χ0v) is 11.1. The highest BCUT2D eigenvalue weighted by atomic mass is 16.5. The molecule has 1 aliphatic rings. The van der Waals surface area contributed by atoms with E-state index in [9.17, 15) is 0 Å². The van der Waals surface area contributed by atoms with Crippen molar-refractivity contribution < 1.29 is 4.74 Å². The average Bonchev–Trinajstić information content (AvgIpc) is 2.71. The monoisotopic (exact) mass is 261 g/mol. The Kier molecular flexibility index (Phi) is 2.59. The number of nitrogens with zero attached hydrogens (tertiary/aromatic N) is 1. The molecule has 3 aromatic rings. The van der Waals surface area contributed by atoms with Gasteiger partial charge in [0.1, 0.15) is 12.4 Å². The summed E-state index contributed by atoms with van der Waals surface area (Å²) in [6, 6.07) is 21.0. The van der Waals surface area contributed by atoms with Gasteiger partial charge in [0.25, 0.3) is 0 Å². The maximum atomic E-state index is 5.92. The molecule has 4 rings (SSSR count). The van der Waals surface area contributed by atoms with Crippen LogP contribution >= 0.6 is 0 Å². The minimum absolute atomic E-state index is 0.701. The molecule has 98 valence electrons. The number of aromatic nitrogens is 1. The summed E-state index contributed by atoms with van der Waals surface area (Å²) in [7, 11) is 0. The van der Waals surface area contributed by atoms with E-state index in [1.54, 1.807) is 0 Å². The van der Waals surface area contributed by atoms with E-state index in [1.165, 1.54) is 16.6 Å². The smallest absolute Gasteiger partial charge is 0.128 e. The Bertz CT molecular complexity index is 784. The van der Waals surface area contributed by atoms with E-state index in [0.717, 1.165) is 17.9 Å². The Morgan fingerprint density at radius 1 is 0.900 bits per heavy atom. The lowest BCUT2D eigenvalue weighted by atomic mass is 10.1. The van der Waals surface area contributed by atoms with Crippen molar-refractivity contribution in [3.05, 3.63) is 71.9 Å². The number of hydrogen-bond donors (Lipinski definition) is 0. The van der Waals surface area contributed by atoms with Crippen molar-refractivity contribution in [1.82, 2.24) is 4.57 Å². The lowest BCUT2D eigenvalue weighted by molar-refractivity contribution is 0.268. The highest BCUT2D eigenvalue weighted by Gasteiger charge is 2.13. The van der Waals surface area contributed by atoms with Gasteiger partial charge in [-0.15, -0.1) is 0 Å². The van der Waals surface area contributed by atoms with Crippen molar-refractivity contribution in [3.8, 4) is 0 Å². The topological polar surface area (TPSA) is 14.2 Å². The van der Waals surface area contributed by atoms with E-state index >= 15 is 0 Å². The second-order valence-corrected chi connectivity index (χ2v) is 5.00. The molecule has 0 N–H and O–H groups in total. The number of ether oxygens (including phenoxy) is 1. The Morgan fingerprint density at radius 3 is 2.60 bits per heavy atom. The SMILES string of the molecule is C1=C(c2ccccc2)OCCn2c1cc1ccccc12. The summed E-state index contributed by atoms with van der Waals surface area (Å²) in [4.78, 5) is 0. The van der Waals surface area contributed by atoms with E-state index in [0.29, 0.717) is 6.61 Å². The van der Waals surface area contributed by atoms with Gasteiger partial charge in [-0.2, -0.15) is 0 Å².